The van der Waals surface area contributed by atoms with Crippen LogP contribution in [0.3, 0.4) is 0 Å². The van der Waals surface area contributed by atoms with Gasteiger partial charge in [-0.3, -0.25) is 9.69 Å². The first-order chi connectivity index (χ1) is 16.1. The molecule has 0 radical (unpaired) electrons. The number of benzene rings is 1. The van der Waals surface area contributed by atoms with Gasteiger partial charge in [-0.2, -0.15) is 0 Å². The first-order valence-corrected chi connectivity index (χ1v) is 12.6. The number of methoxy groups -OCH3 is 2. The van der Waals surface area contributed by atoms with Gasteiger partial charge in [0, 0.05) is 23.9 Å². The Bertz CT molecular complexity index is 1070. The van der Waals surface area contributed by atoms with Crippen LogP contribution in [0.2, 0.25) is 0 Å². The maximum atomic E-state index is 13.8. The number of hydrogen-bond donors (Lipinski definition) is 0. The van der Waals surface area contributed by atoms with Crippen LogP contribution >= 0.6 is 23.1 Å². The second-order valence-corrected chi connectivity index (χ2v) is 11.1. The highest BCUT2D eigenvalue weighted by Gasteiger charge is 2.72. The molecule has 1 aromatic heterocycles. The molecule has 182 valence electrons. The van der Waals surface area contributed by atoms with Crippen LogP contribution in [0.5, 0.6) is 5.75 Å². The van der Waals surface area contributed by atoms with Gasteiger partial charge in [-0.15, -0.1) is 23.1 Å². The molecule has 1 aromatic carbocycles. The Morgan fingerprint density at radius 1 is 1.21 bits per heavy atom. The van der Waals surface area contributed by atoms with E-state index < -0.39 is 34.6 Å². The zero-order valence-corrected chi connectivity index (χ0v) is 21.3. The number of aromatic nitrogens is 1. The number of likely N-dealkylation sites (tertiary alicyclic amines) is 1. The molecule has 2 aliphatic rings. The van der Waals surface area contributed by atoms with Crippen LogP contribution < -0.4 is 4.74 Å². The Kier molecular flexibility index (Phi) is 6.52. The summed E-state index contributed by atoms with van der Waals surface area (Å²) in [6, 6.07) is 5.95. The molecule has 3 heterocycles. The molecule has 0 bridgehead atoms. The van der Waals surface area contributed by atoms with Crippen molar-refractivity contribution in [3.63, 3.8) is 0 Å². The smallest absolute Gasteiger partial charge is 0.412 e. The normalized spacial score (nSPS) is 24.2. The number of hydrogen-bond acceptors (Lipinski definition) is 9. The second kappa shape index (κ2) is 9.10. The molecular formula is C23H27N3O6S2. The van der Waals surface area contributed by atoms with Crippen molar-refractivity contribution in [3.05, 3.63) is 46.4 Å². The molecule has 1 spiro atoms. The van der Waals surface area contributed by atoms with E-state index in [1.165, 1.54) is 35.1 Å². The first-order valence-electron chi connectivity index (χ1n) is 10.7. The number of nitrogens with zero attached hydrogens (tertiary/aromatic N) is 3. The predicted molar refractivity (Wildman–Crippen MR) is 127 cm³/mol. The van der Waals surface area contributed by atoms with Crippen LogP contribution in [0, 0.1) is 0 Å². The minimum Gasteiger partial charge on any atom is -0.497 e. The molecular weight excluding hydrogens is 478 g/mol. The van der Waals surface area contributed by atoms with E-state index in [9.17, 15) is 14.4 Å². The topological polar surface area (TPSA) is 98.3 Å². The summed E-state index contributed by atoms with van der Waals surface area (Å²) in [5.74, 6) is 0.0749. The molecule has 0 unspecified atom stereocenters. The Labute approximate surface area is 206 Å². The average Bonchev–Trinajstić information content (AvgIpc) is 3.47. The van der Waals surface area contributed by atoms with Crippen molar-refractivity contribution in [2.45, 2.75) is 49.9 Å². The third-order valence-corrected chi connectivity index (χ3v) is 7.99. The zero-order chi connectivity index (χ0) is 24.7. The Morgan fingerprint density at radius 2 is 1.91 bits per heavy atom. The molecule has 2 saturated heterocycles. The summed E-state index contributed by atoms with van der Waals surface area (Å²) in [6.45, 7) is 5.54. The average molecular weight is 506 g/mol. The first kappa shape index (κ1) is 24.3. The lowest BCUT2D eigenvalue weighted by atomic mass is 9.90. The Balaban J connectivity index is 1.73. The molecule has 2 aromatic rings. The number of ether oxygens (including phenoxy) is 3. The number of thiazole rings is 1. The number of rotatable bonds is 5. The fourth-order valence-corrected chi connectivity index (χ4v) is 6.75. The van der Waals surface area contributed by atoms with E-state index in [-0.39, 0.29) is 11.7 Å². The van der Waals surface area contributed by atoms with Crippen LogP contribution in [-0.4, -0.2) is 69.2 Å². The van der Waals surface area contributed by atoms with E-state index >= 15 is 0 Å². The molecule has 2 amide bonds. The molecule has 4 rings (SSSR count). The zero-order valence-electron chi connectivity index (χ0n) is 19.6. The number of carbonyl (C=O) groups is 3. The van der Waals surface area contributed by atoms with Gasteiger partial charge >= 0.3 is 12.1 Å². The van der Waals surface area contributed by atoms with Crippen molar-refractivity contribution >= 4 is 41.1 Å². The lowest BCUT2D eigenvalue weighted by Gasteiger charge is -2.56. The fraction of sp³-hybridized carbons (Fsp3) is 0.478. The van der Waals surface area contributed by atoms with Crippen LogP contribution in [0.15, 0.2) is 35.8 Å². The van der Waals surface area contributed by atoms with Gasteiger partial charge in [0.1, 0.15) is 28.4 Å². The molecule has 3 atom stereocenters. The van der Waals surface area contributed by atoms with E-state index in [1.807, 2.05) is 29.6 Å². The fourth-order valence-electron chi connectivity index (χ4n) is 4.19. The van der Waals surface area contributed by atoms with Crippen LogP contribution in [0.25, 0.3) is 0 Å². The lowest BCUT2D eigenvalue weighted by Crippen LogP contribution is -2.74. The van der Waals surface area contributed by atoms with E-state index in [0.717, 1.165) is 11.3 Å². The Morgan fingerprint density at radius 3 is 2.47 bits per heavy atom. The van der Waals surface area contributed by atoms with Crippen LogP contribution in [0.1, 0.15) is 37.4 Å². The van der Waals surface area contributed by atoms with Crippen molar-refractivity contribution in [1.29, 1.82) is 0 Å². The van der Waals surface area contributed by atoms with Crippen molar-refractivity contribution < 1.29 is 28.6 Å². The largest absolute Gasteiger partial charge is 0.497 e. The monoisotopic (exact) mass is 505 g/mol. The highest BCUT2D eigenvalue weighted by molar-refractivity contribution is 8.01. The van der Waals surface area contributed by atoms with E-state index in [1.54, 1.807) is 39.0 Å². The number of β-lactam (4-membered cyclic amide) rings is 1. The third kappa shape index (κ3) is 4.11. The second-order valence-electron chi connectivity index (χ2n) is 8.95. The van der Waals surface area contributed by atoms with E-state index in [4.69, 9.17) is 14.2 Å². The van der Waals surface area contributed by atoms with E-state index in [2.05, 4.69) is 4.98 Å². The van der Waals surface area contributed by atoms with Gasteiger partial charge in [0.25, 0.3) is 5.91 Å². The molecule has 9 nitrogen and oxygen atoms in total. The summed E-state index contributed by atoms with van der Waals surface area (Å²) >= 11 is 2.66. The molecule has 11 heteroatoms. The highest BCUT2D eigenvalue weighted by atomic mass is 32.2. The molecule has 34 heavy (non-hydrogen) atoms. The van der Waals surface area contributed by atoms with Crippen molar-refractivity contribution in [1.82, 2.24) is 14.8 Å². The van der Waals surface area contributed by atoms with Gasteiger partial charge in [-0.25, -0.2) is 14.6 Å². The third-order valence-electron chi connectivity index (χ3n) is 5.64. The summed E-state index contributed by atoms with van der Waals surface area (Å²) < 4.78 is 15.8. The maximum Gasteiger partial charge on any atom is 0.412 e. The van der Waals surface area contributed by atoms with Crippen LogP contribution in [-0.2, 0) is 25.6 Å². The van der Waals surface area contributed by atoms with Gasteiger partial charge in [-0.05, 0) is 38.5 Å². The molecule has 0 N–H and O–H groups in total. The summed E-state index contributed by atoms with van der Waals surface area (Å²) in [5.41, 5.74) is 0.0974. The van der Waals surface area contributed by atoms with Crippen molar-refractivity contribution in [2.75, 3.05) is 20.0 Å². The van der Waals surface area contributed by atoms with Gasteiger partial charge in [0.2, 0.25) is 0 Å². The van der Waals surface area contributed by atoms with Gasteiger partial charge in [0.05, 0.1) is 14.2 Å². The minimum atomic E-state index is -1.34. The quantitative estimate of drug-likeness (QED) is 0.450. The maximum absolute atomic E-state index is 13.8. The van der Waals surface area contributed by atoms with Crippen LogP contribution in [0.4, 0.5) is 4.79 Å². The highest BCUT2D eigenvalue weighted by Crippen LogP contribution is 2.59. The number of thioether (sulfide) groups is 1. The molecule has 0 saturated carbocycles. The number of esters is 1. The number of carbonyl (C=O) groups excluding carboxylic acids is 3. The SMILES string of the molecule is COC(=O)[C@@H]1CS[C@@]2(C(=O)N(Cc3ccc(OC)cc3)[C@H]2c2nccs2)N1C(=O)OC(C)(C)C. The predicted octanol–water partition coefficient (Wildman–Crippen LogP) is 3.46. The van der Waals surface area contributed by atoms with Gasteiger partial charge < -0.3 is 19.1 Å². The molecule has 0 aliphatic carbocycles. The lowest BCUT2D eigenvalue weighted by molar-refractivity contribution is -0.169. The summed E-state index contributed by atoms with van der Waals surface area (Å²) in [6.07, 6.45) is 0.934. The summed E-state index contributed by atoms with van der Waals surface area (Å²) in [4.78, 5) is 45.9. The van der Waals surface area contributed by atoms with Gasteiger partial charge in [-0.1, -0.05) is 12.1 Å². The van der Waals surface area contributed by atoms with E-state index in [0.29, 0.717) is 11.6 Å². The molecule has 2 aliphatic heterocycles. The van der Waals surface area contributed by atoms with Gasteiger partial charge in [0.15, 0.2) is 4.87 Å². The molecule has 2 fully saturated rings. The summed E-state index contributed by atoms with van der Waals surface area (Å²) in [7, 11) is 2.86. The van der Waals surface area contributed by atoms with Crippen molar-refractivity contribution in [3.8, 4) is 5.75 Å². The van der Waals surface area contributed by atoms with Crippen molar-refractivity contribution in [2.24, 2.45) is 0 Å². The Hall–Kier alpha value is -2.79. The standard InChI is InChI=1S/C23H27N3O6S2/c1-22(2,3)32-21(29)26-16(19(27)31-5)13-34-23(26)17(18-24-10-11-33-18)25(20(23)28)12-14-6-8-15(30-4)9-7-14/h6-11,16-17H,12-13H2,1-5H3/t16-,17-,23-/m0/s1. The summed E-state index contributed by atoms with van der Waals surface area (Å²) in [5, 5.41) is 2.51. The number of amides is 2. The minimum absolute atomic E-state index is 0.218.